The van der Waals surface area contributed by atoms with E-state index in [-0.39, 0.29) is 5.25 Å². The second-order valence-corrected chi connectivity index (χ2v) is 3.70. The highest BCUT2D eigenvalue weighted by Gasteiger charge is 2.02. The molecule has 0 saturated carbocycles. The Bertz CT molecular complexity index is 109. The third-order valence-corrected chi connectivity index (χ3v) is 2.94. The number of nitriles is 1. The summed E-state index contributed by atoms with van der Waals surface area (Å²) in [4.78, 5) is 0. The van der Waals surface area contributed by atoms with Gasteiger partial charge in [0.05, 0.1) is 6.07 Å². The summed E-state index contributed by atoms with van der Waals surface area (Å²) in [6.07, 6.45) is 2.41. The van der Waals surface area contributed by atoms with Crippen LogP contribution < -0.4 is 0 Å². The predicted molar refractivity (Wildman–Crippen MR) is 50.6 cm³/mol. The summed E-state index contributed by atoms with van der Waals surface area (Å²) in [5.74, 6) is 1.76. The van der Waals surface area contributed by atoms with Crippen molar-refractivity contribution in [1.29, 1.82) is 5.26 Å². The van der Waals surface area contributed by atoms with Crippen LogP contribution in [0.3, 0.4) is 0 Å². The van der Waals surface area contributed by atoms with E-state index in [0.717, 1.165) is 5.75 Å². The fourth-order valence-electron chi connectivity index (χ4n) is 0.501. The highest BCUT2D eigenvalue weighted by molar-refractivity contribution is 8.00. The molecule has 0 N–H and O–H groups in total. The molecule has 1 atom stereocenters. The van der Waals surface area contributed by atoms with Gasteiger partial charge in [0.15, 0.2) is 0 Å². The topological polar surface area (TPSA) is 23.8 Å². The Hall–Kier alpha value is 0.190. The summed E-state index contributed by atoms with van der Waals surface area (Å²) in [5, 5.41) is 8.60. The van der Waals surface area contributed by atoms with Crippen molar-refractivity contribution < 1.29 is 0 Å². The molecular formula is C7H13NS2. The summed E-state index contributed by atoms with van der Waals surface area (Å²) in [6, 6.07) is 2.20. The molecule has 1 unspecified atom stereocenters. The predicted octanol–water partition coefficient (Wildman–Crippen LogP) is 2.34. The zero-order valence-electron chi connectivity index (χ0n) is 6.21. The van der Waals surface area contributed by atoms with Crippen LogP contribution in [0.2, 0.25) is 0 Å². The summed E-state index contributed by atoms with van der Waals surface area (Å²) in [7, 11) is 0. The minimum atomic E-state index is 0.0925. The first-order chi connectivity index (χ1) is 4.85. The number of thiol groups is 1. The first-order valence-electron chi connectivity index (χ1n) is 3.47. The van der Waals surface area contributed by atoms with Crippen molar-refractivity contribution in [2.75, 3.05) is 11.5 Å². The molecule has 0 rings (SSSR count). The number of hydrogen-bond donors (Lipinski definition) is 1. The molecular weight excluding hydrogens is 162 g/mol. The Morgan fingerprint density at radius 3 is 2.80 bits per heavy atom. The first kappa shape index (κ1) is 10.2. The summed E-state index contributed by atoms with van der Waals surface area (Å²) in [5.41, 5.74) is 0. The van der Waals surface area contributed by atoms with Crippen molar-refractivity contribution in [3.63, 3.8) is 0 Å². The third-order valence-electron chi connectivity index (χ3n) is 1.13. The molecule has 1 nitrogen and oxygen atoms in total. The standard InChI is InChI=1S/C7H13NS2/c1-2-3-4-10-7(5-8)6-9/h7,9H,2-4,6H2,1H3. The largest absolute Gasteiger partial charge is 0.197 e. The highest BCUT2D eigenvalue weighted by atomic mass is 32.2. The molecule has 0 aliphatic heterocycles. The summed E-state index contributed by atoms with van der Waals surface area (Å²) in [6.45, 7) is 2.16. The molecule has 0 aliphatic carbocycles. The van der Waals surface area contributed by atoms with Gasteiger partial charge in [-0.05, 0) is 12.2 Å². The SMILES string of the molecule is CCCCSC(C#N)CS. The van der Waals surface area contributed by atoms with E-state index < -0.39 is 0 Å². The minimum Gasteiger partial charge on any atom is -0.197 e. The van der Waals surface area contributed by atoms with E-state index in [1.54, 1.807) is 11.8 Å². The van der Waals surface area contributed by atoms with Crippen LogP contribution in [0.4, 0.5) is 0 Å². The van der Waals surface area contributed by atoms with E-state index in [1.807, 2.05) is 0 Å². The van der Waals surface area contributed by atoms with Crippen molar-refractivity contribution in [2.24, 2.45) is 0 Å². The Kier molecular flexibility index (Phi) is 7.44. The highest BCUT2D eigenvalue weighted by Crippen LogP contribution is 2.13. The Labute approximate surface area is 72.6 Å². The second kappa shape index (κ2) is 7.30. The number of hydrogen-bond acceptors (Lipinski definition) is 3. The third kappa shape index (κ3) is 5.01. The lowest BCUT2D eigenvalue weighted by molar-refractivity contribution is 0.895. The lowest BCUT2D eigenvalue weighted by atomic mass is 10.4. The Morgan fingerprint density at radius 2 is 2.40 bits per heavy atom. The lowest BCUT2D eigenvalue weighted by Crippen LogP contribution is -2.01. The summed E-state index contributed by atoms with van der Waals surface area (Å²) >= 11 is 5.76. The van der Waals surface area contributed by atoms with Gasteiger partial charge in [-0.2, -0.15) is 17.9 Å². The van der Waals surface area contributed by atoms with Crippen LogP contribution in [0.25, 0.3) is 0 Å². The summed E-state index contributed by atoms with van der Waals surface area (Å²) < 4.78 is 0. The minimum absolute atomic E-state index is 0.0925. The number of nitrogens with zero attached hydrogens (tertiary/aromatic N) is 1. The molecule has 0 radical (unpaired) electrons. The maximum Gasteiger partial charge on any atom is 0.100 e. The molecule has 0 aromatic rings. The molecule has 0 aliphatic rings. The van der Waals surface area contributed by atoms with Crippen molar-refractivity contribution >= 4 is 24.4 Å². The van der Waals surface area contributed by atoms with Crippen molar-refractivity contribution in [2.45, 2.75) is 25.0 Å². The molecule has 0 saturated heterocycles. The molecule has 0 aromatic carbocycles. The van der Waals surface area contributed by atoms with Gasteiger partial charge in [-0.1, -0.05) is 13.3 Å². The van der Waals surface area contributed by atoms with Crippen molar-refractivity contribution in [3.05, 3.63) is 0 Å². The number of unbranched alkanes of at least 4 members (excludes halogenated alkanes) is 1. The maximum absolute atomic E-state index is 8.51. The van der Waals surface area contributed by atoms with Crippen molar-refractivity contribution in [1.82, 2.24) is 0 Å². The fourth-order valence-corrected chi connectivity index (χ4v) is 1.82. The van der Waals surface area contributed by atoms with E-state index >= 15 is 0 Å². The number of rotatable bonds is 5. The molecule has 0 spiro atoms. The van der Waals surface area contributed by atoms with Crippen LogP contribution in [0.15, 0.2) is 0 Å². The van der Waals surface area contributed by atoms with Gasteiger partial charge >= 0.3 is 0 Å². The zero-order chi connectivity index (χ0) is 7.82. The van der Waals surface area contributed by atoms with Crippen LogP contribution >= 0.6 is 24.4 Å². The zero-order valence-corrected chi connectivity index (χ0v) is 7.92. The molecule has 0 fully saturated rings. The van der Waals surface area contributed by atoms with Gasteiger partial charge < -0.3 is 0 Å². The van der Waals surface area contributed by atoms with E-state index in [2.05, 4.69) is 25.6 Å². The van der Waals surface area contributed by atoms with Gasteiger partial charge in [-0.15, -0.1) is 11.8 Å². The Balaban J connectivity index is 3.20. The normalized spacial score (nSPS) is 12.5. The van der Waals surface area contributed by atoms with Gasteiger partial charge in [0.2, 0.25) is 0 Å². The average molecular weight is 175 g/mol. The van der Waals surface area contributed by atoms with E-state index in [0.29, 0.717) is 5.75 Å². The van der Waals surface area contributed by atoms with Crippen LogP contribution in [-0.2, 0) is 0 Å². The molecule has 10 heavy (non-hydrogen) atoms. The average Bonchev–Trinajstić information content (AvgIpc) is 1.99. The van der Waals surface area contributed by atoms with E-state index in [1.165, 1.54) is 12.8 Å². The lowest BCUT2D eigenvalue weighted by Gasteiger charge is -2.02. The van der Waals surface area contributed by atoms with E-state index in [9.17, 15) is 0 Å². The van der Waals surface area contributed by atoms with Gasteiger partial charge in [-0.3, -0.25) is 0 Å². The quantitative estimate of drug-likeness (QED) is 0.512. The van der Waals surface area contributed by atoms with Gasteiger partial charge in [-0.25, -0.2) is 0 Å². The van der Waals surface area contributed by atoms with Crippen LogP contribution in [0.1, 0.15) is 19.8 Å². The molecule has 3 heteroatoms. The molecule has 0 amide bonds. The van der Waals surface area contributed by atoms with Crippen LogP contribution in [-0.4, -0.2) is 16.8 Å². The smallest absolute Gasteiger partial charge is 0.100 e. The molecule has 0 bridgehead atoms. The number of thioether (sulfide) groups is 1. The fraction of sp³-hybridized carbons (Fsp3) is 0.857. The molecule has 0 aromatic heterocycles. The van der Waals surface area contributed by atoms with E-state index in [4.69, 9.17) is 5.26 Å². The second-order valence-electron chi connectivity index (χ2n) is 2.02. The molecule has 0 heterocycles. The first-order valence-corrected chi connectivity index (χ1v) is 5.15. The van der Waals surface area contributed by atoms with Gasteiger partial charge in [0.1, 0.15) is 5.25 Å². The monoisotopic (exact) mass is 175 g/mol. The van der Waals surface area contributed by atoms with Gasteiger partial charge in [0, 0.05) is 5.75 Å². The Morgan fingerprint density at radius 1 is 1.70 bits per heavy atom. The molecule has 58 valence electrons. The maximum atomic E-state index is 8.51. The van der Waals surface area contributed by atoms with Crippen LogP contribution in [0, 0.1) is 11.3 Å². The van der Waals surface area contributed by atoms with Gasteiger partial charge in [0.25, 0.3) is 0 Å². The van der Waals surface area contributed by atoms with Crippen molar-refractivity contribution in [3.8, 4) is 6.07 Å². The van der Waals surface area contributed by atoms with Crippen LogP contribution in [0.5, 0.6) is 0 Å².